The monoisotopic (exact) mass is 191 g/mol. The normalized spacial score (nSPS) is 12.1. The number of benzene rings is 1. The molecule has 0 heterocycles. The van der Waals surface area contributed by atoms with Crippen molar-refractivity contribution in [2.75, 3.05) is 7.05 Å². The Morgan fingerprint density at radius 3 is 2.86 bits per heavy atom. The highest BCUT2D eigenvalue weighted by Gasteiger charge is 2.12. The predicted octanol–water partition coefficient (Wildman–Crippen LogP) is 2.42. The molecule has 1 rings (SSSR count). The minimum Gasteiger partial charge on any atom is -0.312 e. The Balaban J connectivity index is 3.03. The van der Waals surface area contributed by atoms with Crippen molar-refractivity contribution in [1.29, 1.82) is 0 Å². The summed E-state index contributed by atoms with van der Waals surface area (Å²) in [6.07, 6.45) is 5.71. The quantitative estimate of drug-likeness (QED) is 0.723. The maximum atomic E-state index is 13.4. The molecule has 1 N–H and O–H groups in total. The summed E-state index contributed by atoms with van der Waals surface area (Å²) in [5.74, 6) is 2.33. The van der Waals surface area contributed by atoms with Gasteiger partial charge in [-0.25, -0.2) is 4.39 Å². The summed E-state index contributed by atoms with van der Waals surface area (Å²) in [6, 6.07) is 4.96. The van der Waals surface area contributed by atoms with Crippen LogP contribution in [0.25, 0.3) is 0 Å². The Hall–Kier alpha value is -1.33. The van der Waals surface area contributed by atoms with Crippen molar-refractivity contribution in [2.45, 2.75) is 19.4 Å². The number of halogens is 1. The van der Waals surface area contributed by atoms with E-state index in [0.717, 1.165) is 5.56 Å². The Bertz CT molecular complexity index is 352. The van der Waals surface area contributed by atoms with E-state index in [1.807, 2.05) is 13.0 Å². The summed E-state index contributed by atoms with van der Waals surface area (Å²) in [4.78, 5) is 0. The molecule has 14 heavy (non-hydrogen) atoms. The van der Waals surface area contributed by atoms with E-state index in [-0.39, 0.29) is 11.9 Å². The van der Waals surface area contributed by atoms with Crippen molar-refractivity contribution in [3.05, 3.63) is 35.1 Å². The molecule has 1 unspecified atom stereocenters. The lowest BCUT2D eigenvalue weighted by atomic mass is 10.0. The average molecular weight is 191 g/mol. The van der Waals surface area contributed by atoms with Crippen LogP contribution in [0.15, 0.2) is 18.2 Å². The van der Waals surface area contributed by atoms with Gasteiger partial charge in [0, 0.05) is 18.0 Å². The van der Waals surface area contributed by atoms with Gasteiger partial charge in [0.15, 0.2) is 0 Å². The zero-order valence-corrected chi connectivity index (χ0v) is 8.47. The molecule has 0 saturated heterocycles. The average Bonchev–Trinajstić information content (AvgIpc) is 2.18. The molecule has 0 amide bonds. The standard InChI is InChI=1S/C12H14FN/c1-4-5-12(14-3)10-8-9(2)6-7-11(10)13/h1,6-8,12,14H,5H2,2-3H3. The van der Waals surface area contributed by atoms with E-state index in [1.165, 1.54) is 6.07 Å². The third-order valence-corrected chi connectivity index (χ3v) is 2.20. The number of hydrogen-bond donors (Lipinski definition) is 1. The van der Waals surface area contributed by atoms with E-state index in [9.17, 15) is 4.39 Å². The van der Waals surface area contributed by atoms with Crippen LogP contribution in [-0.2, 0) is 0 Å². The van der Waals surface area contributed by atoms with E-state index < -0.39 is 0 Å². The Labute approximate surface area is 84.3 Å². The summed E-state index contributed by atoms with van der Waals surface area (Å²) in [5, 5.41) is 3.00. The topological polar surface area (TPSA) is 12.0 Å². The molecule has 0 aliphatic carbocycles. The minimum atomic E-state index is -0.204. The number of aryl methyl sites for hydroxylation is 1. The van der Waals surface area contributed by atoms with Gasteiger partial charge >= 0.3 is 0 Å². The van der Waals surface area contributed by atoms with Crippen LogP contribution in [0.3, 0.4) is 0 Å². The molecule has 0 spiro atoms. The molecule has 1 aromatic carbocycles. The van der Waals surface area contributed by atoms with Gasteiger partial charge in [0.05, 0.1) is 0 Å². The summed E-state index contributed by atoms with van der Waals surface area (Å²) in [5.41, 5.74) is 1.68. The van der Waals surface area contributed by atoms with Crippen molar-refractivity contribution in [2.24, 2.45) is 0 Å². The highest BCUT2D eigenvalue weighted by molar-refractivity contribution is 5.27. The van der Waals surface area contributed by atoms with Crippen molar-refractivity contribution in [3.8, 4) is 12.3 Å². The van der Waals surface area contributed by atoms with Crippen LogP contribution >= 0.6 is 0 Å². The van der Waals surface area contributed by atoms with Crippen molar-refractivity contribution < 1.29 is 4.39 Å². The van der Waals surface area contributed by atoms with Gasteiger partial charge < -0.3 is 5.32 Å². The highest BCUT2D eigenvalue weighted by Crippen LogP contribution is 2.20. The van der Waals surface area contributed by atoms with Gasteiger partial charge in [-0.05, 0) is 20.0 Å². The van der Waals surface area contributed by atoms with Crippen LogP contribution in [0.1, 0.15) is 23.6 Å². The van der Waals surface area contributed by atoms with Gasteiger partial charge in [-0.1, -0.05) is 17.7 Å². The Morgan fingerprint density at radius 2 is 2.29 bits per heavy atom. The van der Waals surface area contributed by atoms with Crippen molar-refractivity contribution in [3.63, 3.8) is 0 Å². The van der Waals surface area contributed by atoms with Gasteiger partial charge in [-0.2, -0.15) is 0 Å². The highest BCUT2D eigenvalue weighted by atomic mass is 19.1. The first-order valence-corrected chi connectivity index (χ1v) is 4.55. The van der Waals surface area contributed by atoms with Crippen molar-refractivity contribution in [1.82, 2.24) is 5.32 Å². The van der Waals surface area contributed by atoms with Crippen LogP contribution in [0.2, 0.25) is 0 Å². The van der Waals surface area contributed by atoms with E-state index in [1.54, 1.807) is 13.1 Å². The molecule has 1 nitrogen and oxygen atoms in total. The molecule has 0 bridgehead atoms. The number of rotatable bonds is 3. The van der Waals surface area contributed by atoms with Crippen LogP contribution < -0.4 is 5.32 Å². The Morgan fingerprint density at radius 1 is 1.57 bits per heavy atom. The molecular weight excluding hydrogens is 177 g/mol. The number of hydrogen-bond acceptors (Lipinski definition) is 1. The maximum Gasteiger partial charge on any atom is 0.128 e. The summed E-state index contributed by atoms with van der Waals surface area (Å²) >= 11 is 0. The molecule has 0 fully saturated rings. The van der Waals surface area contributed by atoms with E-state index in [0.29, 0.717) is 12.0 Å². The molecule has 0 aliphatic heterocycles. The fourth-order valence-electron chi connectivity index (χ4n) is 1.42. The molecule has 0 aromatic heterocycles. The van der Waals surface area contributed by atoms with E-state index in [2.05, 4.69) is 11.2 Å². The molecular formula is C12H14FN. The van der Waals surface area contributed by atoms with Crippen LogP contribution in [0.5, 0.6) is 0 Å². The lowest BCUT2D eigenvalue weighted by molar-refractivity contribution is 0.543. The molecule has 0 saturated carbocycles. The first kappa shape index (κ1) is 10.7. The lowest BCUT2D eigenvalue weighted by Crippen LogP contribution is -2.17. The molecule has 0 radical (unpaired) electrons. The minimum absolute atomic E-state index is 0.0973. The van der Waals surface area contributed by atoms with Gasteiger partial charge in [0.25, 0.3) is 0 Å². The Kier molecular flexibility index (Phi) is 3.67. The SMILES string of the molecule is C#CCC(NC)c1cc(C)ccc1F. The van der Waals surface area contributed by atoms with Crippen LogP contribution in [0.4, 0.5) is 4.39 Å². The fourth-order valence-corrected chi connectivity index (χ4v) is 1.42. The zero-order valence-electron chi connectivity index (χ0n) is 8.47. The second kappa shape index (κ2) is 4.78. The predicted molar refractivity (Wildman–Crippen MR) is 56.4 cm³/mol. The fraction of sp³-hybridized carbons (Fsp3) is 0.333. The summed E-state index contributed by atoms with van der Waals surface area (Å²) in [7, 11) is 1.78. The summed E-state index contributed by atoms with van der Waals surface area (Å²) in [6.45, 7) is 1.94. The third-order valence-electron chi connectivity index (χ3n) is 2.20. The van der Waals surface area contributed by atoms with E-state index in [4.69, 9.17) is 6.42 Å². The van der Waals surface area contributed by atoms with Gasteiger partial charge in [0.2, 0.25) is 0 Å². The van der Waals surface area contributed by atoms with Crippen molar-refractivity contribution >= 4 is 0 Å². The van der Waals surface area contributed by atoms with Gasteiger partial charge in [-0.15, -0.1) is 12.3 Å². The first-order valence-electron chi connectivity index (χ1n) is 4.55. The third kappa shape index (κ3) is 2.34. The zero-order chi connectivity index (χ0) is 10.6. The number of nitrogens with one attached hydrogen (secondary N) is 1. The second-order valence-corrected chi connectivity index (χ2v) is 3.27. The molecule has 1 atom stereocenters. The maximum absolute atomic E-state index is 13.4. The smallest absolute Gasteiger partial charge is 0.128 e. The van der Waals surface area contributed by atoms with E-state index >= 15 is 0 Å². The first-order chi connectivity index (χ1) is 6.69. The van der Waals surface area contributed by atoms with Gasteiger partial charge in [-0.3, -0.25) is 0 Å². The van der Waals surface area contributed by atoms with Crippen LogP contribution in [-0.4, -0.2) is 7.05 Å². The summed E-state index contributed by atoms with van der Waals surface area (Å²) < 4.78 is 13.4. The molecule has 74 valence electrons. The molecule has 0 aliphatic rings. The second-order valence-electron chi connectivity index (χ2n) is 3.27. The lowest BCUT2D eigenvalue weighted by Gasteiger charge is -2.15. The molecule has 1 aromatic rings. The largest absolute Gasteiger partial charge is 0.312 e. The van der Waals surface area contributed by atoms with Gasteiger partial charge in [0.1, 0.15) is 5.82 Å². The van der Waals surface area contributed by atoms with Crippen LogP contribution in [0, 0.1) is 25.1 Å². The molecule has 2 heteroatoms. The number of terminal acetylenes is 1.